The molecule has 0 amide bonds. The summed E-state index contributed by atoms with van der Waals surface area (Å²) in [5.41, 5.74) is 2.86. The Labute approximate surface area is 104 Å². The van der Waals surface area contributed by atoms with Crippen LogP contribution in [0.1, 0.15) is 39.5 Å². The predicted molar refractivity (Wildman–Crippen MR) is 61.6 cm³/mol. The van der Waals surface area contributed by atoms with Crippen LogP contribution >= 0.6 is 0 Å². The fourth-order valence-corrected chi connectivity index (χ4v) is 1.37. The van der Waals surface area contributed by atoms with E-state index in [1.54, 1.807) is 0 Å². The summed E-state index contributed by atoms with van der Waals surface area (Å²) in [6.07, 6.45) is 19.1. The topological polar surface area (TPSA) is 0 Å². The number of rotatable bonds is 2. The van der Waals surface area contributed by atoms with Crippen molar-refractivity contribution in [2.24, 2.45) is 0 Å². The molecule has 0 bridgehead atoms. The second-order valence-electron chi connectivity index (χ2n) is 3.37. The molecule has 0 nitrogen and oxygen atoms in total. The van der Waals surface area contributed by atoms with Crippen LogP contribution < -0.4 is 0 Å². The second-order valence-corrected chi connectivity index (χ2v) is 3.37. The molecule has 0 N–H and O–H groups in total. The van der Waals surface area contributed by atoms with Crippen LogP contribution in [0.25, 0.3) is 0 Å². The van der Waals surface area contributed by atoms with Crippen molar-refractivity contribution in [3.05, 3.63) is 47.6 Å². The van der Waals surface area contributed by atoms with Crippen LogP contribution in [0.2, 0.25) is 0 Å². The molecule has 2 aliphatic rings. The van der Waals surface area contributed by atoms with E-state index in [2.05, 4.69) is 50.3 Å². The van der Waals surface area contributed by atoms with E-state index in [4.69, 9.17) is 0 Å². The first kappa shape index (κ1) is 14.5. The predicted octanol–water partition coefficient (Wildman–Crippen LogP) is 4.17. The largest absolute Gasteiger partial charge is 2.00 e. The van der Waals surface area contributed by atoms with Gasteiger partial charge in [0.2, 0.25) is 0 Å². The fraction of sp³-hybridized carbons (Fsp3) is 0.429. The first-order chi connectivity index (χ1) is 6.86. The summed E-state index contributed by atoms with van der Waals surface area (Å²) in [5.74, 6) is 0. The summed E-state index contributed by atoms with van der Waals surface area (Å²) in [6.45, 7) is 4.32. The number of hydrogen-bond acceptors (Lipinski definition) is 0. The van der Waals surface area contributed by atoms with Gasteiger partial charge in [-0.3, -0.25) is 12.2 Å². The van der Waals surface area contributed by atoms with E-state index in [-0.39, 0.29) is 17.1 Å². The molecule has 0 aromatic carbocycles. The summed E-state index contributed by atoms with van der Waals surface area (Å²) in [7, 11) is 0. The second kappa shape index (κ2) is 8.76. The summed E-state index contributed by atoms with van der Waals surface area (Å²) >= 11 is 0. The van der Waals surface area contributed by atoms with E-state index in [0.29, 0.717) is 0 Å². The van der Waals surface area contributed by atoms with Gasteiger partial charge in [-0.05, 0) is 0 Å². The van der Waals surface area contributed by atoms with Crippen LogP contribution in [0.4, 0.5) is 0 Å². The van der Waals surface area contributed by atoms with Crippen LogP contribution in [0.15, 0.2) is 35.5 Å². The van der Waals surface area contributed by atoms with Crippen molar-refractivity contribution in [3.63, 3.8) is 0 Å². The van der Waals surface area contributed by atoms with Gasteiger partial charge in [-0.2, -0.15) is 12.2 Å². The number of allylic oxidation sites excluding steroid dienone is 8. The van der Waals surface area contributed by atoms with Crippen molar-refractivity contribution in [1.29, 1.82) is 0 Å². The van der Waals surface area contributed by atoms with Gasteiger partial charge in [0.15, 0.2) is 0 Å². The van der Waals surface area contributed by atoms with E-state index in [9.17, 15) is 0 Å². The zero-order valence-corrected chi connectivity index (χ0v) is 10.6. The Morgan fingerprint density at radius 3 is 1.47 bits per heavy atom. The molecule has 0 radical (unpaired) electrons. The molecule has 0 aliphatic heterocycles. The van der Waals surface area contributed by atoms with Gasteiger partial charge in [0.05, 0.1) is 0 Å². The zero-order valence-electron chi connectivity index (χ0n) is 9.49. The van der Waals surface area contributed by atoms with Gasteiger partial charge in [0.1, 0.15) is 0 Å². The van der Waals surface area contributed by atoms with Gasteiger partial charge in [0.25, 0.3) is 0 Å². The standard InChI is InChI=1S/2C7H9.Fe/c2*1-2-7-5-3-4-6-7;/h2*5-6H,2-3H2,1H3;/q2*-1;+2. The van der Waals surface area contributed by atoms with Crippen molar-refractivity contribution in [2.75, 3.05) is 0 Å². The molecule has 2 rings (SSSR count). The monoisotopic (exact) mass is 242 g/mol. The van der Waals surface area contributed by atoms with Gasteiger partial charge >= 0.3 is 17.1 Å². The molecule has 0 aromatic rings. The van der Waals surface area contributed by atoms with E-state index in [0.717, 1.165) is 25.7 Å². The zero-order chi connectivity index (χ0) is 10.2. The van der Waals surface area contributed by atoms with Gasteiger partial charge in [-0.15, -0.1) is 12.8 Å². The Morgan fingerprint density at radius 2 is 1.33 bits per heavy atom. The Morgan fingerprint density at radius 1 is 0.933 bits per heavy atom. The Hall–Kier alpha value is -0.521. The smallest absolute Gasteiger partial charge is 0.273 e. The van der Waals surface area contributed by atoms with E-state index < -0.39 is 0 Å². The molecule has 1 heteroatoms. The van der Waals surface area contributed by atoms with Crippen molar-refractivity contribution in [1.82, 2.24) is 0 Å². The molecule has 0 spiro atoms. The minimum absolute atomic E-state index is 0. The molecule has 0 saturated carbocycles. The summed E-state index contributed by atoms with van der Waals surface area (Å²) in [5, 5.41) is 0. The molecule has 0 unspecified atom stereocenters. The van der Waals surface area contributed by atoms with Gasteiger partial charge in [-0.1, -0.05) is 26.7 Å². The van der Waals surface area contributed by atoms with Crippen molar-refractivity contribution < 1.29 is 17.1 Å². The van der Waals surface area contributed by atoms with Gasteiger partial charge in [0, 0.05) is 0 Å². The molecule has 0 saturated heterocycles. The van der Waals surface area contributed by atoms with Crippen LogP contribution in [0.5, 0.6) is 0 Å². The normalized spacial score (nSPS) is 16.4. The maximum atomic E-state index is 3.11. The van der Waals surface area contributed by atoms with E-state index in [1.165, 1.54) is 11.1 Å². The van der Waals surface area contributed by atoms with E-state index >= 15 is 0 Å². The third-order valence-electron chi connectivity index (χ3n) is 2.36. The van der Waals surface area contributed by atoms with Gasteiger partial charge in [-0.25, -0.2) is 23.3 Å². The van der Waals surface area contributed by atoms with Crippen molar-refractivity contribution in [3.8, 4) is 0 Å². The van der Waals surface area contributed by atoms with E-state index in [1.807, 2.05) is 0 Å². The minimum Gasteiger partial charge on any atom is -0.273 e. The van der Waals surface area contributed by atoms with Crippen LogP contribution in [0, 0.1) is 12.2 Å². The van der Waals surface area contributed by atoms with Crippen LogP contribution in [0.3, 0.4) is 0 Å². The Kier molecular flexibility index (Phi) is 8.46. The third-order valence-corrected chi connectivity index (χ3v) is 2.36. The molecule has 15 heavy (non-hydrogen) atoms. The SMILES string of the molecule is CCC1=CC[C-]=C1.CCC1=CC[C-]=C1.[Fe+2]. The fourth-order valence-electron chi connectivity index (χ4n) is 1.37. The molecule has 2 aliphatic carbocycles. The van der Waals surface area contributed by atoms with Gasteiger partial charge < -0.3 is 0 Å². The molecule has 0 aromatic heterocycles. The Bertz CT molecular complexity index is 250. The van der Waals surface area contributed by atoms with Crippen molar-refractivity contribution in [2.45, 2.75) is 39.5 Å². The Balaban J connectivity index is 0.000000245. The molecular formula is C14H18Fe. The number of hydrogen-bond donors (Lipinski definition) is 0. The van der Waals surface area contributed by atoms with Crippen LogP contribution in [-0.4, -0.2) is 0 Å². The molecule has 0 atom stereocenters. The molecule has 0 heterocycles. The first-order valence-corrected chi connectivity index (χ1v) is 5.38. The maximum absolute atomic E-state index is 3.11. The summed E-state index contributed by atoms with van der Waals surface area (Å²) in [6, 6.07) is 0. The average molecular weight is 242 g/mol. The average Bonchev–Trinajstić information content (AvgIpc) is 2.92. The quantitative estimate of drug-likeness (QED) is 0.503. The molecule has 82 valence electrons. The first-order valence-electron chi connectivity index (χ1n) is 5.38. The summed E-state index contributed by atoms with van der Waals surface area (Å²) < 4.78 is 0. The molecular weight excluding hydrogens is 224 g/mol. The maximum Gasteiger partial charge on any atom is 2.00 e. The summed E-state index contributed by atoms with van der Waals surface area (Å²) in [4.78, 5) is 0. The van der Waals surface area contributed by atoms with Crippen molar-refractivity contribution >= 4 is 0 Å². The third kappa shape index (κ3) is 5.81. The molecule has 0 fully saturated rings. The minimum atomic E-state index is 0. The van der Waals surface area contributed by atoms with Crippen LogP contribution in [-0.2, 0) is 17.1 Å².